The van der Waals surface area contributed by atoms with Crippen molar-refractivity contribution < 1.29 is 19.5 Å². The number of nitrogens with zero attached hydrogens (tertiary/aromatic N) is 2. The van der Waals surface area contributed by atoms with E-state index in [2.05, 4.69) is 0 Å². The van der Waals surface area contributed by atoms with Gasteiger partial charge in [0.1, 0.15) is 6.04 Å². The molecule has 0 aromatic carbocycles. The second kappa shape index (κ2) is 8.14. The summed E-state index contributed by atoms with van der Waals surface area (Å²) in [4.78, 5) is 37.4. The highest BCUT2D eigenvalue weighted by Gasteiger charge is 2.22. The van der Waals surface area contributed by atoms with Gasteiger partial charge in [0.05, 0.1) is 11.5 Å². The SMILES string of the molecule is CC(C(=O)O)N(C)C(=O)CSCC(=O)N1CCCCC1. The molecule has 1 unspecified atom stereocenters. The van der Waals surface area contributed by atoms with Crippen LogP contribution in [0.1, 0.15) is 26.2 Å². The average molecular weight is 302 g/mol. The highest BCUT2D eigenvalue weighted by molar-refractivity contribution is 8.00. The number of hydrogen-bond acceptors (Lipinski definition) is 4. The Morgan fingerprint density at radius 1 is 1.20 bits per heavy atom. The van der Waals surface area contributed by atoms with Gasteiger partial charge in [-0.25, -0.2) is 4.79 Å². The summed E-state index contributed by atoms with van der Waals surface area (Å²) in [6, 6.07) is -0.846. The molecule has 114 valence electrons. The monoisotopic (exact) mass is 302 g/mol. The van der Waals surface area contributed by atoms with E-state index in [0.29, 0.717) is 0 Å². The van der Waals surface area contributed by atoms with Gasteiger partial charge in [0.25, 0.3) is 0 Å². The van der Waals surface area contributed by atoms with E-state index in [1.54, 1.807) is 0 Å². The maximum Gasteiger partial charge on any atom is 0.326 e. The van der Waals surface area contributed by atoms with E-state index in [0.717, 1.165) is 25.9 Å². The van der Waals surface area contributed by atoms with E-state index < -0.39 is 12.0 Å². The summed E-state index contributed by atoms with van der Waals surface area (Å²) in [5, 5.41) is 8.82. The van der Waals surface area contributed by atoms with Crippen LogP contribution in [-0.2, 0) is 14.4 Å². The number of amides is 2. The Kier molecular flexibility index (Phi) is 6.84. The first kappa shape index (κ1) is 16.8. The Bertz CT molecular complexity index is 369. The molecule has 0 radical (unpaired) electrons. The number of carbonyl (C=O) groups is 3. The molecule has 20 heavy (non-hydrogen) atoms. The predicted octanol–water partition coefficient (Wildman–Crippen LogP) is 0.664. The number of aliphatic carboxylic acids is 1. The third-order valence-electron chi connectivity index (χ3n) is 3.49. The molecular weight excluding hydrogens is 280 g/mol. The van der Waals surface area contributed by atoms with Gasteiger partial charge in [0.2, 0.25) is 11.8 Å². The largest absolute Gasteiger partial charge is 0.480 e. The van der Waals surface area contributed by atoms with Gasteiger partial charge in [-0.2, -0.15) is 0 Å². The molecule has 1 rings (SSSR count). The van der Waals surface area contributed by atoms with Crippen molar-refractivity contribution in [2.24, 2.45) is 0 Å². The van der Waals surface area contributed by atoms with Crippen LogP contribution in [0.25, 0.3) is 0 Å². The zero-order valence-electron chi connectivity index (χ0n) is 12.0. The van der Waals surface area contributed by atoms with Crippen molar-refractivity contribution in [1.82, 2.24) is 9.80 Å². The third-order valence-corrected chi connectivity index (χ3v) is 4.39. The van der Waals surface area contributed by atoms with Crippen LogP contribution < -0.4 is 0 Å². The van der Waals surface area contributed by atoms with Crippen molar-refractivity contribution in [3.63, 3.8) is 0 Å². The zero-order chi connectivity index (χ0) is 15.1. The fourth-order valence-corrected chi connectivity index (χ4v) is 2.78. The van der Waals surface area contributed by atoms with Crippen molar-refractivity contribution in [2.75, 3.05) is 31.6 Å². The Labute approximate surface area is 123 Å². The first-order valence-corrected chi connectivity index (χ1v) is 7.93. The number of likely N-dealkylation sites (tertiary alicyclic amines) is 1. The third kappa shape index (κ3) is 5.03. The molecule has 1 heterocycles. The molecule has 1 N–H and O–H groups in total. The molecule has 7 heteroatoms. The number of piperidine rings is 1. The van der Waals surface area contributed by atoms with Crippen LogP contribution in [0.15, 0.2) is 0 Å². The van der Waals surface area contributed by atoms with Crippen molar-refractivity contribution >= 4 is 29.5 Å². The number of carbonyl (C=O) groups excluding carboxylic acids is 2. The van der Waals surface area contributed by atoms with Crippen LogP contribution >= 0.6 is 11.8 Å². The molecule has 6 nitrogen and oxygen atoms in total. The van der Waals surface area contributed by atoms with Crippen LogP contribution in [0, 0.1) is 0 Å². The Morgan fingerprint density at radius 2 is 1.80 bits per heavy atom. The molecule has 1 saturated heterocycles. The molecular formula is C13H22N2O4S. The molecule has 0 aromatic heterocycles. The molecule has 0 bridgehead atoms. The lowest BCUT2D eigenvalue weighted by atomic mass is 10.1. The first-order valence-electron chi connectivity index (χ1n) is 6.77. The molecule has 1 fully saturated rings. The highest BCUT2D eigenvalue weighted by atomic mass is 32.2. The molecule has 0 spiro atoms. The van der Waals surface area contributed by atoms with Crippen molar-refractivity contribution in [1.29, 1.82) is 0 Å². The van der Waals surface area contributed by atoms with Gasteiger partial charge in [-0.3, -0.25) is 9.59 Å². The van der Waals surface area contributed by atoms with Gasteiger partial charge >= 0.3 is 5.97 Å². The van der Waals surface area contributed by atoms with Gasteiger partial charge < -0.3 is 14.9 Å². The summed E-state index contributed by atoms with van der Waals surface area (Å²) in [7, 11) is 1.47. The summed E-state index contributed by atoms with van der Waals surface area (Å²) >= 11 is 1.25. The molecule has 0 saturated carbocycles. The lowest BCUT2D eigenvalue weighted by Gasteiger charge is -2.26. The summed E-state index contributed by atoms with van der Waals surface area (Å²) in [6.07, 6.45) is 3.27. The summed E-state index contributed by atoms with van der Waals surface area (Å²) in [5.74, 6) is -0.822. The lowest BCUT2D eigenvalue weighted by molar-refractivity contribution is -0.147. The van der Waals surface area contributed by atoms with Crippen LogP contribution in [0.2, 0.25) is 0 Å². The van der Waals surface area contributed by atoms with E-state index >= 15 is 0 Å². The number of likely N-dealkylation sites (N-methyl/N-ethyl adjacent to an activating group) is 1. The topological polar surface area (TPSA) is 77.9 Å². The number of thioether (sulfide) groups is 1. The van der Waals surface area contributed by atoms with Gasteiger partial charge in [-0.15, -0.1) is 11.8 Å². The van der Waals surface area contributed by atoms with E-state index in [4.69, 9.17) is 5.11 Å². The number of hydrogen-bond donors (Lipinski definition) is 1. The normalized spacial score (nSPS) is 16.6. The van der Waals surface area contributed by atoms with E-state index in [1.165, 1.54) is 37.1 Å². The van der Waals surface area contributed by atoms with Crippen LogP contribution in [0.3, 0.4) is 0 Å². The first-order chi connectivity index (χ1) is 9.43. The summed E-state index contributed by atoms with van der Waals surface area (Å²) in [6.45, 7) is 3.08. The Hall–Kier alpha value is -1.24. The van der Waals surface area contributed by atoms with Crippen molar-refractivity contribution in [2.45, 2.75) is 32.2 Å². The standard InChI is InChI=1S/C13H22N2O4S/c1-10(13(18)19)14(2)11(16)8-20-9-12(17)15-6-4-3-5-7-15/h10H,3-9H2,1-2H3,(H,18,19). The van der Waals surface area contributed by atoms with Gasteiger partial charge in [0, 0.05) is 20.1 Å². The summed E-state index contributed by atoms with van der Waals surface area (Å²) < 4.78 is 0. The van der Waals surface area contributed by atoms with E-state index in [9.17, 15) is 14.4 Å². The van der Waals surface area contributed by atoms with Crippen molar-refractivity contribution in [3.05, 3.63) is 0 Å². The molecule has 1 aliphatic heterocycles. The second-order valence-electron chi connectivity index (χ2n) is 4.95. The zero-order valence-corrected chi connectivity index (χ0v) is 12.8. The van der Waals surface area contributed by atoms with Gasteiger partial charge in [0.15, 0.2) is 0 Å². The number of carboxylic acids is 1. The van der Waals surface area contributed by atoms with Crippen LogP contribution in [0.4, 0.5) is 0 Å². The molecule has 1 aliphatic rings. The van der Waals surface area contributed by atoms with Crippen molar-refractivity contribution in [3.8, 4) is 0 Å². The molecule has 2 amide bonds. The van der Waals surface area contributed by atoms with E-state index in [1.807, 2.05) is 4.90 Å². The Balaban J connectivity index is 2.27. The van der Waals surface area contributed by atoms with Gasteiger partial charge in [-0.05, 0) is 26.2 Å². The average Bonchev–Trinajstić information content (AvgIpc) is 2.46. The fourth-order valence-electron chi connectivity index (χ4n) is 1.94. The van der Waals surface area contributed by atoms with Crippen LogP contribution in [-0.4, -0.2) is 70.4 Å². The molecule has 1 atom stereocenters. The van der Waals surface area contributed by atoms with Crippen LogP contribution in [0.5, 0.6) is 0 Å². The number of carboxylic acid groups (broad SMARTS) is 1. The summed E-state index contributed by atoms with van der Waals surface area (Å²) in [5.41, 5.74) is 0. The quantitative estimate of drug-likeness (QED) is 0.780. The minimum absolute atomic E-state index is 0.0661. The smallest absolute Gasteiger partial charge is 0.326 e. The fraction of sp³-hybridized carbons (Fsp3) is 0.769. The predicted molar refractivity (Wildman–Crippen MR) is 77.6 cm³/mol. The number of rotatable bonds is 6. The minimum atomic E-state index is -1.03. The maximum absolute atomic E-state index is 11.9. The van der Waals surface area contributed by atoms with E-state index in [-0.39, 0.29) is 23.3 Å². The molecule has 0 aliphatic carbocycles. The Morgan fingerprint density at radius 3 is 2.35 bits per heavy atom. The van der Waals surface area contributed by atoms with Gasteiger partial charge in [-0.1, -0.05) is 0 Å². The maximum atomic E-state index is 11.9. The second-order valence-corrected chi connectivity index (χ2v) is 5.94. The molecule has 0 aromatic rings. The minimum Gasteiger partial charge on any atom is -0.480 e. The lowest BCUT2D eigenvalue weighted by Crippen LogP contribution is -2.41. The highest BCUT2D eigenvalue weighted by Crippen LogP contribution is 2.12.